The molecule has 7 aromatic rings. The van der Waals surface area contributed by atoms with Crippen molar-refractivity contribution >= 4 is 34.1 Å². The van der Waals surface area contributed by atoms with Crippen LogP contribution in [0.25, 0.3) is 22.3 Å². The molecule has 0 saturated carbocycles. The van der Waals surface area contributed by atoms with Gasteiger partial charge in [-0.05, 0) is 161 Å². The summed E-state index contributed by atoms with van der Waals surface area (Å²) in [7, 11) is 6.74. The van der Waals surface area contributed by atoms with Crippen molar-refractivity contribution in [2.45, 2.75) is 26.2 Å². The lowest BCUT2D eigenvalue weighted by Gasteiger charge is -2.26. The maximum atomic E-state index is 5.45. The van der Waals surface area contributed by atoms with Crippen LogP contribution in [0.15, 0.2) is 164 Å². The summed E-state index contributed by atoms with van der Waals surface area (Å²) in [5.74, 6) is 3.26. The molecule has 7 rings (SSSR count). The second kappa shape index (κ2) is 16.4. The van der Waals surface area contributed by atoms with E-state index >= 15 is 0 Å². The molecule has 0 amide bonds. The predicted octanol–water partition coefficient (Wildman–Crippen LogP) is 13.3. The fourth-order valence-corrected chi connectivity index (χ4v) is 6.82. The molecule has 0 fully saturated rings. The first kappa shape index (κ1) is 37.6. The Kier molecular flexibility index (Phi) is 11.0. The van der Waals surface area contributed by atoms with Gasteiger partial charge in [0.15, 0.2) is 0 Å². The highest BCUT2D eigenvalue weighted by molar-refractivity contribution is 5.82. The Bertz CT molecular complexity index is 2090. The summed E-state index contributed by atoms with van der Waals surface area (Å²) < 4.78 is 21.8. The second-order valence-electron chi connectivity index (χ2n) is 14.6. The Morgan fingerprint density at radius 3 is 0.750 bits per heavy atom. The minimum Gasteiger partial charge on any atom is -0.497 e. The van der Waals surface area contributed by atoms with Crippen molar-refractivity contribution in [3.05, 3.63) is 169 Å². The number of hydrogen-bond donors (Lipinski definition) is 0. The van der Waals surface area contributed by atoms with Crippen molar-refractivity contribution in [1.82, 2.24) is 0 Å². The fourth-order valence-electron chi connectivity index (χ4n) is 6.82. The molecule has 0 atom stereocenters. The zero-order valence-corrected chi connectivity index (χ0v) is 33.1. The molecule has 0 bridgehead atoms. The van der Waals surface area contributed by atoms with Crippen LogP contribution >= 0.6 is 0 Å². The highest BCUT2D eigenvalue weighted by Crippen LogP contribution is 2.40. The molecular weight excluding hydrogens is 693 g/mol. The van der Waals surface area contributed by atoms with E-state index in [1.54, 1.807) is 28.4 Å². The monoisotopic (exact) mass is 740 g/mol. The van der Waals surface area contributed by atoms with E-state index in [4.69, 9.17) is 18.9 Å². The minimum absolute atomic E-state index is 0.0519. The second-order valence-corrected chi connectivity index (χ2v) is 14.6. The topological polar surface area (TPSA) is 43.4 Å². The van der Waals surface area contributed by atoms with E-state index in [0.717, 1.165) is 68.2 Å². The molecule has 0 aromatic heterocycles. The number of anilines is 6. The van der Waals surface area contributed by atoms with Crippen molar-refractivity contribution in [3.63, 3.8) is 0 Å². The van der Waals surface area contributed by atoms with Gasteiger partial charge in [-0.25, -0.2) is 0 Å². The quantitative estimate of drug-likeness (QED) is 0.124. The molecule has 7 aromatic carbocycles. The molecule has 0 aliphatic rings. The van der Waals surface area contributed by atoms with Crippen LogP contribution < -0.4 is 28.7 Å². The Morgan fingerprint density at radius 1 is 0.304 bits per heavy atom. The normalized spacial score (nSPS) is 11.1. The zero-order chi connectivity index (χ0) is 39.2. The molecule has 0 aliphatic carbocycles. The van der Waals surface area contributed by atoms with Crippen molar-refractivity contribution in [2.24, 2.45) is 0 Å². The first-order valence-corrected chi connectivity index (χ1v) is 18.7. The SMILES string of the molecule is COc1ccc(N(c2ccc(OC)cc2)c2ccc(-c3cc(-c4ccc(N(c5ccc(OC)cc5)c5ccc(OC)cc5)cc4)cc(C(C)(C)C)c3)cc2)cc1. The zero-order valence-electron chi connectivity index (χ0n) is 33.1. The van der Waals surface area contributed by atoms with Crippen LogP contribution in [0.5, 0.6) is 23.0 Å². The smallest absolute Gasteiger partial charge is 0.119 e. The van der Waals surface area contributed by atoms with Crippen LogP contribution in [0.1, 0.15) is 26.3 Å². The van der Waals surface area contributed by atoms with Crippen molar-refractivity contribution in [1.29, 1.82) is 0 Å². The first-order valence-electron chi connectivity index (χ1n) is 18.7. The van der Waals surface area contributed by atoms with Crippen LogP contribution in [-0.2, 0) is 5.41 Å². The Hall–Kier alpha value is -6.66. The van der Waals surface area contributed by atoms with Crippen molar-refractivity contribution in [3.8, 4) is 45.3 Å². The number of ether oxygens (including phenoxy) is 4. The Balaban J connectivity index is 1.24. The van der Waals surface area contributed by atoms with Gasteiger partial charge in [-0.3, -0.25) is 0 Å². The maximum absolute atomic E-state index is 5.45. The number of nitrogens with zero attached hydrogens (tertiary/aromatic N) is 2. The van der Waals surface area contributed by atoms with E-state index in [9.17, 15) is 0 Å². The minimum atomic E-state index is -0.0519. The highest BCUT2D eigenvalue weighted by Gasteiger charge is 2.19. The first-order chi connectivity index (χ1) is 27.2. The highest BCUT2D eigenvalue weighted by atomic mass is 16.5. The lowest BCUT2D eigenvalue weighted by atomic mass is 9.83. The van der Waals surface area contributed by atoms with Crippen LogP contribution in [0, 0.1) is 0 Å². The third-order valence-electron chi connectivity index (χ3n) is 10.0. The van der Waals surface area contributed by atoms with Gasteiger partial charge in [0, 0.05) is 34.1 Å². The van der Waals surface area contributed by atoms with Crippen molar-refractivity contribution < 1.29 is 18.9 Å². The number of methoxy groups -OCH3 is 4. The molecule has 282 valence electrons. The molecule has 0 radical (unpaired) electrons. The fraction of sp³-hybridized carbons (Fsp3) is 0.160. The lowest BCUT2D eigenvalue weighted by molar-refractivity contribution is 0.414. The van der Waals surface area contributed by atoms with E-state index in [1.165, 1.54) is 16.7 Å². The summed E-state index contributed by atoms with van der Waals surface area (Å²) in [6.07, 6.45) is 0. The van der Waals surface area contributed by atoms with Crippen LogP contribution in [0.3, 0.4) is 0 Å². The van der Waals surface area contributed by atoms with Gasteiger partial charge in [0.2, 0.25) is 0 Å². The third kappa shape index (κ3) is 8.20. The van der Waals surface area contributed by atoms with E-state index in [2.05, 4.69) is 146 Å². The van der Waals surface area contributed by atoms with Crippen LogP contribution in [0.4, 0.5) is 34.1 Å². The molecular formula is C50H48N2O4. The predicted molar refractivity (Wildman–Crippen MR) is 232 cm³/mol. The summed E-state index contributed by atoms with van der Waals surface area (Å²) in [4.78, 5) is 4.48. The van der Waals surface area contributed by atoms with Gasteiger partial charge in [0.05, 0.1) is 28.4 Å². The van der Waals surface area contributed by atoms with Gasteiger partial charge in [0.25, 0.3) is 0 Å². The summed E-state index contributed by atoms with van der Waals surface area (Å²) in [6, 6.07) is 57.1. The molecule has 0 saturated heterocycles. The maximum Gasteiger partial charge on any atom is 0.119 e. The van der Waals surface area contributed by atoms with E-state index in [0.29, 0.717) is 0 Å². The molecule has 6 nitrogen and oxygen atoms in total. The molecule has 0 aliphatic heterocycles. The summed E-state index contributed by atoms with van der Waals surface area (Å²) in [5.41, 5.74) is 12.1. The molecule has 0 unspecified atom stereocenters. The number of benzene rings is 7. The van der Waals surface area contributed by atoms with E-state index in [1.807, 2.05) is 48.5 Å². The molecule has 0 heterocycles. The Labute approximate surface area is 331 Å². The largest absolute Gasteiger partial charge is 0.497 e. The van der Waals surface area contributed by atoms with E-state index < -0.39 is 0 Å². The Morgan fingerprint density at radius 2 is 0.536 bits per heavy atom. The van der Waals surface area contributed by atoms with E-state index in [-0.39, 0.29) is 5.41 Å². The van der Waals surface area contributed by atoms with Crippen LogP contribution in [-0.4, -0.2) is 28.4 Å². The summed E-state index contributed by atoms with van der Waals surface area (Å²) in [5, 5.41) is 0. The lowest BCUT2D eigenvalue weighted by Crippen LogP contribution is -2.11. The van der Waals surface area contributed by atoms with Gasteiger partial charge in [-0.1, -0.05) is 57.2 Å². The summed E-state index contributed by atoms with van der Waals surface area (Å²) in [6.45, 7) is 6.81. The van der Waals surface area contributed by atoms with Crippen molar-refractivity contribution in [2.75, 3.05) is 38.2 Å². The number of hydrogen-bond acceptors (Lipinski definition) is 6. The average Bonchev–Trinajstić information content (AvgIpc) is 3.25. The average molecular weight is 741 g/mol. The van der Waals surface area contributed by atoms with Gasteiger partial charge in [0.1, 0.15) is 23.0 Å². The van der Waals surface area contributed by atoms with Gasteiger partial charge < -0.3 is 28.7 Å². The van der Waals surface area contributed by atoms with Gasteiger partial charge >= 0.3 is 0 Å². The molecule has 0 N–H and O–H groups in total. The van der Waals surface area contributed by atoms with Gasteiger partial charge in [-0.15, -0.1) is 0 Å². The summed E-state index contributed by atoms with van der Waals surface area (Å²) >= 11 is 0. The van der Waals surface area contributed by atoms with Crippen LogP contribution in [0.2, 0.25) is 0 Å². The van der Waals surface area contributed by atoms with Gasteiger partial charge in [-0.2, -0.15) is 0 Å². The molecule has 6 heteroatoms. The standard InChI is InChI=1S/C50H48N2O4/c1-50(2,3)39-33-37(35-8-12-40(13-9-35)51(42-16-24-46(53-4)25-17-42)43-18-26-47(54-5)27-19-43)32-38(34-39)36-10-14-41(15-11-36)52(44-20-28-48(55-6)29-21-44)45-22-30-49(56-7)31-23-45/h8-34H,1-7H3. The number of rotatable bonds is 12. The molecule has 0 spiro atoms. The molecule has 56 heavy (non-hydrogen) atoms. The third-order valence-corrected chi connectivity index (χ3v) is 10.0.